The van der Waals surface area contributed by atoms with Crippen LogP contribution in [0.1, 0.15) is 328 Å². The number of unbranched alkanes of at least 4 members (excludes halogenated alkanes) is 42. The summed E-state index contributed by atoms with van der Waals surface area (Å²) in [5, 5.41) is 23.1. The van der Waals surface area contributed by atoms with Crippen molar-refractivity contribution in [3.05, 3.63) is 36.5 Å². The molecule has 6 nitrogen and oxygen atoms in total. The molecule has 0 aromatic heterocycles. The van der Waals surface area contributed by atoms with E-state index in [4.69, 9.17) is 4.74 Å². The Bertz CT molecular complexity index is 1120. The van der Waals surface area contributed by atoms with Crippen LogP contribution in [0, 0.1) is 0 Å². The summed E-state index contributed by atoms with van der Waals surface area (Å²) >= 11 is 0. The molecule has 0 spiro atoms. The Kier molecular flexibility index (Phi) is 57.0. The van der Waals surface area contributed by atoms with Gasteiger partial charge < -0.3 is 20.3 Å². The van der Waals surface area contributed by atoms with E-state index in [9.17, 15) is 19.8 Å². The van der Waals surface area contributed by atoms with Gasteiger partial charge in [0.1, 0.15) is 0 Å². The predicted molar refractivity (Wildman–Crippen MR) is 301 cm³/mol. The molecular weight excluding hydrogens is 851 g/mol. The Morgan fingerprint density at radius 1 is 0.406 bits per heavy atom. The molecular formula is C63H119NO5. The van der Waals surface area contributed by atoms with Crippen molar-refractivity contribution in [1.29, 1.82) is 0 Å². The summed E-state index contributed by atoms with van der Waals surface area (Å²) in [6.45, 7) is 4.84. The van der Waals surface area contributed by atoms with Gasteiger partial charge in [-0.25, -0.2) is 0 Å². The number of hydrogen-bond donors (Lipinski definition) is 3. The highest BCUT2D eigenvalue weighted by Crippen LogP contribution is 2.18. The van der Waals surface area contributed by atoms with E-state index < -0.39 is 12.1 Å². The number of allylic oxidation sites excluding steroid dienone is 5. The van der Waals surface area contributed by atoms with Crippen LogP contribution >= 0.6 is 0 Å². The number of carbonyl (C=O) groups is 2. The van der Waals surface area contributed by atoms with Crippen molar-refractivity contribution in [1.82, 2.24) is 5.32 Å². The van der Waals surface area contributed by atoms with Crippen molar-refractivity contribution in [3.63, 3.8) is 0 Å². The van der Waals surface area contributed by atoms with Crippen molar-refractivity contribution in [2.24, 2.45) is 0 Å². The average molecular weight is 971 g/mol. The zero-order chi connectivity index (χ0) is 50.0. The third kappa shape index (κ3) is 55.2. The summed E-state index contributed by atoms with van der Waals surface area (Å²) in [7, 11) is 0. The standard InChI is InChI=1S/C63H119NO5/c1-3-5-7-9-11-13-15-17-32-35-39-43-47-51-55-61(66)60(59-65)64-62(67)56-52-48-44-40-36-33-29-27-25-23-21-19-18-20-22-24-26-28-30-34-38-42-46-50-54-58-69-63(68)57-53-49-45-41-37-31-16-14-12-10-8-6-4-2/h8,10,14,16,51,55,60-61,65-66H,3-7,9,11-13,15,17-50,52-54,56-59H2,1-2H3,(H,64,67)/b10-8-,16-14-,55-51+. The largest absolute Gasteiger partial charge is 0.466 e. The molecule has 2 atom stereocenters. The van der Waals surface area contributed by atoms with E-state index in [1.165, 1.54) is 250 Å². The zero-order valence-corrected chi connectivity index (χ0v) is 46.3. The van der Waals surface area contributed by atoms with Gasteiger partial charge in [0.2, 0.25) is 5.91 Å². The first-order chi connectivity index (χ1) is 34.0. The highest BCUT2D eigenvalue weighted by molar-refractivity contribution is 5.76. The highest BCUT2D eigenvalue weighted by Gasteiger charge is 2.18. The van der Waals surface area contributed by atoms with Gasteiger partial charge in [-0.3, -0.25) is 9.59 Å². The Labute approximate surface area is 430 Å². The van der Waals surface area contributed by atoms with Crippen LogP contribution in [-0.4, -0.2) is 47.4 Å². The molecule has 0 fully saturated rings. The molecule has 0 aromatic carbocycles. The van der Waals surface area contributed by atoms with Crippen LogP contribution in [-0.2, 0) is 14.3 Å². The number of aliphatic hydroxyl groups excluding tert-OH is 2. The van der Waals surface area contributed by atoms with E-state index >= 15 is 0 Å². The molecule has 69 heavy (non-hydrogen) atoms. The van der Waals surface area contributed by atoms with Gasteiger partial charge in [0, 0.05) is 12.8 Å². The highest BCUT2D eigenvalue weighted by atomic mass is 16.5. The summed E-state index contributed by atoms with van der Waals surface area (Å²) in [5.74, 6) is -0.0651. The first-order valence-electron chi connectivity index (χ1n) is 30.8. The van der Waals surface area contributed by atoms with Crippen molar-refractivity contribution in [2.75, 3.05) is 13.2 Å². The molecule has 0 aromatic rings. The second-order valence-electron chi connectivity index (χ2n) is 21.0. The normalized spacial score (nSPS) is 12.8. The molecule has 0 aliphatic carbocycles. The van der Waals surface area contributed by atoms with Gasteiger partial charge in [0.15, 0.2) is 0 Å². The molecule has 0 saturated carbocycles. The first kappa shape index (κ1) is 67.1. The molecule has 0 radical (unpaired) electrons. The van der Waals surface area contributed by atoms with Crippen LogP contribution in [0.3, 0.4) is 0 Å². The molecule has 6 heteroatoms. The van der Waals surface area contributed by atoms with Crippen LogP contribution in [0.25, 0.3) is 0 Å². The lowest BCUT2D eigenvalue weighted by Gasteiger charge is -2.20. The van der Waals surface area contributed by atoms with Gasteiger partial charge in [0.05, 0.1) is 25.4 Å². The molecule has 406 valence electrons. The molecule has 0 heterocycles. The maximum Gasteiger partial charge on any atom is 0.305 e. The first-order valence-corrected chi connectivity index (χ1v) is 30.8. The number of rotatable bonds is 57. The van der Waals surface area contributed by atoms with Crippen LogP contribution in [0.5, 0.6) is 0 Å². The predicted octanol–water partition coefficient (Wildman–Crippen LogP) is 19.2. The van der Waals surface area contributed by atoms with Gasteiger partial charge in [-0.2, -0.15) is 0 Å². The van der Waals surface area contributed by atoms with Crippen LogP contribution < -0.4 is 5.32 Å². The number of esters is 1. The van der Waals surface area contributed by atoms with E-state index in [1.54, 1.807) is 6.08 Å². The lowest BCUT2D eigenvalue weighted by atomic mass is 10.0. The third-order valence-electron chi connectivity index (χ3n) is 14.1. The zero-order valence-electron chi connectivity index (χ0n) is 46.3. The summed E-state index contributed by atoms with van der Waals surface area (Å²) < 4.78 is 5.47. The maximum absolute atomic E-state index is 12.5. The summed E-state index contributed by atoms with van der Waals surface area (Å²) in [5.41, 5.74) is 0. The number of hydrogen-bond acceptors (Lipinski definition) is 5. The molecule has 0 rings (SSSR count). The van der Waals surface area contributed by atoms with Gasteiger partial charge >= 0.3 is 5.97 Å². The molecule has 0 bridgehead atoms. The van der Waals surface area contributed by atoms with Gasteiger partial charge in [-0.15, -0.1) is 0 Å². The van der Waals surface area contributed by atoms with Crippen molar-refractivity contribution >= 4 is 11.9 Å². The van der Waals surface area contributed by atoms with Crippen LogP contribution in [0.4, 0.5) is 0 Å². The molecule has 1 amide bonds. The quantitative estimate of drug-likeness (QED) is 0.0321. The van der Waals surface area contributed by atoms with E-state index in [-0.39, 0.29) is 18.5 Å². The van der Waals surface area contributed by atoms with Crippen LogP contribution in [0.2, 0.25) is 0 Å². The number of nitrogens with one attached hydrogen (secondary N) is 1. The van der Waals surface area contributed by atoms with Gasteiger partial charge in [0.25, 0.3) is 0 Å². The molecule has 2 unspecified atom stereocenters. The molecule has 0 aliphatic rings. The third-order valence-corrected chi connectivity index (χ3v) is 14.1. The van der Waals surface area contributed by atoms with E-state index in [0.29, 0.717) is 19.4 Å². The molecule has 3 N–H and O–H groups in total. The Morgan fingerprint density at radius 3 is 1.16 bits per heavy atom. The van der Waals surface area contributed by atoms with E-state index in [2.05, 4.69) is 43.5 Å². The lowest BCUT2D eigenvalue weighted by Crippen LogP contribution is -2.45. The van der Waals surface area contributed by atoms with Crippen molar-refractivity contribution in [3.8, 4) is 0 Å². The topological polar surface area (TPSA) is 95.9 Å². The second kappa shape index (κ2) is 58.6. The summed E-state index contributed by atoms with van der Waals surface area (Å²) in [4.78, 5) is 24.5. The fourth-order valence-electron chi connectivity index (χ4n) is 9.44. The minimum Gasteiger partial charge on any atom is -0.466 e. The van der Waals surface area contributed by atoms with Crippen molar-refractivity contribution in [2.45, 2.75) is 341 Å². The fourth-order valence-corrected chi connectivity index (χ4v) is 9.44. The van der Waals surface area contributed by atoms with Crippen LogP contribution in [0.15, 0.2) is 36.5 Å². The smallest absolute Gasteiger partial charge is 0.305 e. The fraction of sp³-hybridized carbons (Fsp3) is 0.873. The average Bonchev–Trinajstić information content (AvgIpc) is 3.35. The number of aliphatic hydroxyl groups is 2. The maximum atomic E-state index is 12.5. The monoisotopic (exact) mass is 970 g/mol. The number of carbonyl (C=O) groups excluding carboxylic acids is 2. The minimum absolute atomic E-state index is 0.000437. The molecule has 0 aliphatic heterocycles. The van der Waals surface area contributed by atoms with Gasteiger partial charge in [-0.1, -0.05) is 294 Å². The summed E-state index contributed by atoms with van der Waals surface area (Å²) in [6.07, 6.45) is 73.3. The van der Waals surface area contributed by atoms with E-state index in [0.717, 1.165) is 51.4 Å². The minimum atomic E-state index is -0.843. The summed E-state index contributed by atoms with van der Waals surface area (Å²) in [6, 6.07) is -0.626. The van der Waals surface area contributed by atoms with Gasteiger partial charge in [-0.05, 0) is 57.8 Å². The second-order valence-corrected chi connectivity index (χ2v) is 21.0. The van der Waals surface area contributed by atoms with E-state index in [1.807, 2.05) is 6.08 Å². The number of ether oxygens (including phenoxy) is 1. The lowest BCUT2D eigenvalue weighted by molar-refractivity contribution is -0.143. The molecule has 0 saturated heterocycles. The SMILES string of the molecule is CCC/C=C\C/C=C\CCCCCCCC(=O)OCCCCCCCCCCCCCCCCCCCCCCCCCCCC(=O)NC(CO)C(O)/C=C/CCCCCCCCCCCCCC. The Morgan fingerprint density at radius 2 is 0.754 bits per heavy atom. The Hall–Kier alpha value is -1.92. The Balaban J connectivity index is 3.38. The number of amides is 1. The van der Waals surface area contributed by atoms with Crippen molar-refractivity contribution < 1.29 is 24.5 Å².